The second-order valence-electron chi connectivity index (χ2n) is 5.81. The molecule has 0 heterocycles. The Morgan fingerprint density at radius 3 is 2.64 bits per heavy atom. The molecule has 0 saturated heterocycles. The van der Waals surface area contributed by atoms with Gasteiger partial charge >= 0.3 is 5.97 Å². The molecule has 0 unspecified atom stereocenters. The number of methoxy groups -OCH3 is 1. The van der Waals surface area contributed by atoms with Gasteiger partial charge in [-0.05, 0) is 23.6 Å². The van der Waals surface area contributed by atoms with Crippen molar-refractivity contribution in [1.82, 2.24) is 5.32 Å². The van der Waals surface area contributed by atoms with E-state index in [0.29, 0.717) is 11.4 Å². The maximum absolute atomic E-state index is 11.9. The van der Waals surface area contributed by atoms with E-state index in [1.54, 1.807) is 6.07 Å². The van der Waals surface area contributed by atoms with Crippen molar-refractivity contribution >= 4 is 35.2 Å². The zero-order valence-corrected chi connectivity index (χ0v) is 15.5. The fourth-order valence-corrected chi connectivity index (χ4v) is 2.65. The topological polar surface area (TPSA) is 111 Å². The van der Waals surface area contributed by atoms with Crippen LogP contribution in [0.1, 0.15) is 19.4 Å². The van der Waals surface area contributed by atoms with E-state index in [1.165, 1.54) is 18.9 Å². The molecule has 8 heteroatoms. The second kappa shape index (κ2) is 10.7. The fourth-order valence-electron chi connectivity index (χ4n) is 1.84. The molecule has 1 aromatic rings. The number of carbonyl (C=O) groups is 3. The van der Waals surface area contributed by atoms with Gasteiger partial charge in [0.1, 0.15) is 0 Å². The molecule has 7 nitrogen and oxygen atoms in total. The van der Waals surface area contributed by atoms with Crippen LogP contribution in [0.4, 0.5) is 5.69 Å². The van der Waals surface area contributed by atoms with Gasteiger partial charge in [0, 0.05) is 11.4 Å². The van der Waals surface area contributed by atoms with Crippen molar-refractivity contribution in [1.29, 1.82) is 0 Å². The van der Waals surface area contributed by atoms with Gasteiger partial charge in [-0.3, -0.25) is 14.4 Å². The highest BCUT2D eigenvalue weighted by atomic mass is 32.2. The summed E-state index contributed by atoms with van der Waals surface area (Å²) in [5, 5.41) is 5.24. The number of ether oxygens (including phenoxy) is 1. The van der Waals surface area contributed by atoms with Gasteiger partial charge in [0.15, 0.2) is 0 Å². The van der Waals surface area contributed by atoms with Crippen LogP contribution in [0.15, 0.2) is 24.3 Å². The van der Waals surface area contributed by atoms with Gasteiger partial charge in [0.25, 0.3) is 0 Å². The first-order valence-corrected chi connectivity index (χ1v) is 9.05. The van der Waals surface area contributed by atoms with Crippen molar-refractivity contribution in [2.45, 2.75) is 25.6 Å². The molecule has 0 radical (unpaired) electrons. The largest absolute Gasteiger partial charge is 0.468 e. The first-order chi connectivity index (χ1) is 11.8. The predicted octanol–water partition coefficient (Wildman–Crippen LogP) is 1.13. The molecule has 0 aromatic heterocycles. The van der Waals surface area contributed by atoms with Crippen LogP contribution in [-0.2, 0) is 24.9 Å². The molecule has 0 aliphatic carbocycles. The lowest BCUT2D eigenvalue weighted by atomic mass is 10.1. The highest BCUT2D eigenvalue weighted by Crippen LogP contribution is 2.16. The number of carbonyl (C=O) groups excluding carboxylic acids is 3. The Bertz CT molecular complexity index is 607. The second-order valence-corrected chi connectivity index (χ2v) is 6.79. The summed E-state index contributed by atoms with van der Waals surface area (Å²) >= 11 is 1.43. The Kier molecular flexibility index (Phi) is 9.01. The molecule has 0 bridgehead atoms. The highest BCUT2D eigenvalue weighted by molar-refractivity contribution is 7.99. The maximum Gasteiger partial charge on any atom is 0.315 e. The minimum absolute atomic E-state index is 0.00207. The number of rotatable bonds is 9. The number of anilines is 1. The number of benzene rings is 1. The van der Waals surface area contributed by atoms with E-state index in [2.05, 4.69) is 15.4 Å². The van der Waals surface area contributed by atoms with Crippen molar-refractivity contribution in [2.24, 2.45) is 11.7 Å². The van der Waals surface area contributed by atoms with Crippen LogP contribution >= 0.6 is 11.8 Å². The zero-order valence-electron chi connectivity index (χ0n) is 14.7. The average molecular weight is 367 g/mol. The monoisotopic (exact) mass is 367 g/mol. The molecule has 25 heavy (non-hydrogen) atoms. The molecule has 1 atom stereocenters. The molecule has 0 fully saturated rings. The van der Waals surface area contributed by atoms with Crippen molar-refractivity contribution in [3.63, 3.8) is 0 Å². The van der Waals surface area contributed by atoms with Gasteiger partial charge in [0.2, 0.25) is 11.8 Å². The van der Waals surface area contributed by atoms with E-state index < -0.39 is 6.04 Å². The van der Waals surface area contributed by atoms with Crippen molar-refractivity contribution in [3.05, 3.63) is 29.8 Å². The molecule has 2 amide bonds. The third-order valence-corrected chi connectivity index (χ3v) is 4.35. The number of amides is 2. The van der Waals surface area contributed by atoms with E-state index in [0.717, 1.165) is 5.56 Å². The summed E-state index contributed by atoms with van der Waals surface area (Å²) in [7, 11) is 1.35. The molecule has 0 spiro atoms. The summed E-state index contributed by atoms with van der Waals surface area (Å²) in [5.74, 6) is -0.0533. The van der Waals surface area contributed by atoms with Crippen molar-refractivity contribution < 1.29 is 19.1 Å². The van der Waals surface area contributed by atoms with Crippen molar-refractivity contribution in [2.75, 3.05) is 24.7 Å². The standard InChI is InChI=1S/C17H25N3O4S/c1-11(2)16(18)17(23)19-8-14(21)20-13-6-4-5-12(7-13)9-25-10-15(22)24-3/h4-7,11,16H,8-10,18H2,1-3H3,(H,19,23)(H,20,21)/t16-/m0/s1. The third kappa shape index (κ3) is 8.04. The first-order valence-electron chi connectivity index (χ1n) is 7.90. The molecule has 0 aliphatic heterocycles. The third-order valence-electron chi connectivity index (χ3n) is 3.37. The number of hydrogen-bond acceptors (Lipinski definition) is 6. The van der Waals surface area contributed by atoms with E-state index in [-0.39, 0.29) is 36.0 Å². The van der Waals surface area contributed by atoms with Gasteiger partial charge in [-0.15, -0.1) is 11.8 Å². The SMILES string of the molecule is COC(=O)CSCc1cccc(NC(=O)CNC(=O)[C@@H](N)C(C)C)c1. The lowest BCUT2D eigenvalue weighted by Gasteiger charge is -2.15. The quantitative estimate of drug-likeness (QED) is 0.564. The summed E-state index contributed by atoms with van der Waals surface area (Å²) in [6.07, 6.45) is 0. The highest BCUT2D eigenvalue weighted by Gasteiger charge is 2.17. The first kappa shape index (κ1) is 21.0. The Morgan fingerprint density at radius 2 is 2.00 bits per heavy atom. The summed E-state index contributed by atoms with van der Waals surface area (Å²) < 4.78 is 4.58. The Hall–Kier alpha value is -2.06. The minimum Gasteiger partial charge on any atom is -0.468 e. The van der Waals surface area contributed by atoms with Gasteiger partial charge in [-0.25, -0.2) is 0 Å². The number of esters is 1. The summed E-state index contributed by atoms with van der Waals surface area (Å²) in [6.45, 7) is 3.54. The molecule has 138 valence electrons. The Morgan fingerprint density at radius 1 is 1.28 bits per heavy atom. The summed E-state index contributed by atoms with van der Waals surface area (Å²) in [6, 6.07) is 6.67. The molecule has 0 saturated carbocycles. The number of hydrogen-bond donors (Lipinski definition) is 3. The van der Waals surface area contributed by atoms with E-state index >= 15 is 0 Å². The smallest absolute Gasteiger partial charge is 0.315 e. The lowest BCUT2D eigenvalue weighted by Crippen LogP contribution is -2.46. The fraction of sp³-hybridized carbons (Fsp3) is 0.471. The van der Waals surface area contributed by atoms with Gasteiger partial charge in [0.05, 0.1) is 25.4 Å². The average Bonchev–Trinajstić information content (AvgIpc) is 2.59. The van der Waals surface area contributed by atoms with Crippen molar-refractivity contribution in [3.8, 4) is 0 Å². The molecule has 1 aromatic carbocycles. The van der Waals surface area contributed by atoms with Crippen LogP contribution in [0.25, 0.3) is 0 Å². The maximum atomic E-state index is 11.9. The van der Waals surface area contributed by atoms with Crippen LogP contribution in [0, 0.1) is 5.92 Å². The van der Waals surface area contributed by atoms with E-state index in [9.17, 15) is 14.4 Å². The van der Waals surface area contributed by atoms with Gasteiger partial charge < -0.3 is 21.1 Å². The number of nitrogens with one attached hydrogen (secondary N) is 2. The number of nitrogens with two attached hydrogens (primary N) is 1. The predicted molar refractivity (Wildman–Crippen MR) is 99.1 cm³/mol. The van der Waals surface area contributed by atoms with E-state index in [1.807, 2.05) is 32.0 Å². The summed E-state index contributed by atoms with van der Waals surface area (Å²) in [4.78, 5) is 34.8. The molecule has 1 rings (SSSR count). The van der Waals surface area contributed by atoms with E-state index in [4.69, 9.17) is 5.73 Å². The van der Waals surface area contributed by atoms with Gasteiger partial charge in [-0.2, -0.15) is 0 Å². The molecule has 0 aliphatic rings. The van der Waals surface area contributed by atoms with Crippen LogP contribution in [0.3, 0.4) is 0 Å². The molecule has 4 N–H and O–H groups in total. The Labute approximate surface area is 152 Å². The summed E-state index contributed by atoms with van der Waals surface area (Å²) in [5.41, 5.74) is 7.32. The van der Waals surface area contributed by atoms with Crippen LogP contribution in [0.5, 0.6) is 0 Å². The van der Waals surface area contributed by atoms with Crippen LogP contribution in [-0.4, -0.2) is 43.2 Å². The zero-order chi connectivity index (χ0) is 18.8. The normalized spacial score (nSPS) is 11.7. The van der Waals surface area contributed by atoms with Crippen LogP contribution < -0.4 is 16.4 Å². The van der Waals surface area contributed by atoms with Gasteiger partial charge in [-0.1, -0.05) is 26.0 Å². The number of thioether (sulfide) groups is 1. The minimum atomic E-state index is -0.636. The lowest BCUT2D eigenvalue weighted by molar-refractivity contribution is -0.137. The molecular formula is C17H25N3O4S. The van der Waals surface area contributed by atoms with Crippen LogP contribution in [0.2, 0.25) is 0 Å². The Balaban J connectivity index is 2.45. The molecular weight excluding hydrogens is 342 g/mol.